The fraction of sp³-hybridized carbons (Fsp3) is 0.333. The Hall–Kier alpha value is -2.36. The standard InChI is InChI=1S/C18H20N2O2/c21-17(19-13-18(22)20-10-3-4-11-20)12-15-8-5-7-14-6-1-2-9-16(14)15/h1-2,5-9H,3-4,10-13H2,(H,19,21). The van der Waals surface area contributed by atoms with Gasteiger partial charge in [0.1, 0.15) is 0 Å². The maximum atomic E-state index is 12.1. The highest BCUT2D eigenvalue weighted by Crippen LogP contribution is 2.18. The van der Waals surface area contributed by atoms with Crippen molar-refractivity contribution < 1.29 is 9.59 Å². The van der Waals surface area contributed by atoms with E-state index in [9.17, 15) is 9.59 Å². The number of likely N-dealkylation sites (tertiary alicyclic amines) is 1. The van der Waals surface area contributed by atoms with Gasteiger partial charge in [0, 0.05) is 13.1 Å². The fourth-order valence-electron chi connectivity index (χ4n) is 2.93. The maximum absolute atomic E-state index is 12.1. The van der Waals surface area contributed by atoms with E-state index in [-0.39, 0.29) is 18.4 Å². The molecule has 0 atom stereocenters. The lowest BCUT2D eigenvalue weighted by Gasteiger charge is -2.15. The number of nitrogens with zero attached hydrogens (tertiary/aromatic N) is 1. The van der Waals surface area contributed by atoms with Crippen LogP contribution in [0.1, 0.15) is 18.4 Å². The van der Waals surface area contributed by atoms with Gasteiger partial charge in [-0.15, -0.1) is 0 Å². The SMILES string of the molecule is O=C(Cc1cccc2ccccc12)NCC(=O)N1CCCC1. The van der Waals surface area contributed by atoms with Gasteiger partial charge in [-0.1, -0.05) is 42.5 Å². The Bertz CT molecular complexity index is 685. The van der Waals surface area contributed by atoms with E-state index >= 15 is 0 Å². The summed E-state index contributed by atoms with van der Waals surface area (Å²) >= 11 is 0. The Kier molecular flexibility index (Phi) is 4.37. The first-order valence-corrected chi connectivity index (χ1v) is 7.75. The number of benzene rings is 2. The van der Waals surface area contributed by atoms with E-state index in [1.807, 2.05) is 47.4 Å². The topological polar surface area (TPSA) is 49.4 Å². The molecule has 114 valence electrons. The Balaban J connectivity index is 1.60. The highest BCUT2D eigenvalue weighted by Gasteiger charge is 2.18. The number of carbonyl (C=O) groups excluding carboxylic acids is 2. The van der Waals surface area contributed by atoms with Crippen molar-refractivity contribution in [1.29, 1.82) is 0 Å². The first-order valence-electron chi connectivity index (χ1n) is 7.75. The Morgan fingerprint density at radius 2 is 1.73 bits per heavy atom. The molecule has 3 rings (SSSR count). The number of amides is 2. The minimum absolute atomic E-state index is 0.0174. The van der Waals surface area contributed by atoms with Crippen LogP contribution in [-0.4, -0.2) is 36.3 Å². The molecule has 0 aromatic heterocycles. The monoisotopic (exact) mass is 296 g/mol. The molecule has 1 N–H and O–H groups in total. The van der Waals surface area contributed by atoms with E-state index in [0.29, 0.717) is 6.42 Å². The number of nitrogens with one attached hydrogen (secondary N) is 1. The zero-order chi connectivity index (χ0) is 15.4. The number of hydrogen-bond acceptors (Lipinski definition) is 2. The van der Waals surface area contributed by atoms with Gasteiger partial charge in [-0.25, -0.2) is 0 Å². The molecule has 1 heterocycles. The van der Waals surface area contributed by atoms with Crippen LogP contribution < -0.4 is 5.32 Å². The highest BCUT2D eigenvalue weighted by molar-refractivity contribution is 5.91. The van der Waals surface area contributed by atoms with Gasteiger partial charge in [0.25, 0.3) is 0 Å². The van der Waals surface area contributed by atoms with Crippen LogP contribution in [0.5, 0.6) is 0 Å². The van der Waals surface area contributed by atoms with Gasteiger partial charge in [-0.05, 0) is 29.2 Å². The van der Waals surface area contributed by atoms with Crippen molar-refractivity contribution in [3.63, 3.8) is 0 Å². The number of carbonyl (C=O) groups is 2. The summed E-state index contributed by atoms with van der Waals surface area (Å²) in [6, 6.07) is 14.0. The molecule has 0 saturated carbocycles. The van der Waals surface area contributed by atoms with E-state index < -0.39 is 0 Å². The molecule has 0 spiro atoms. The molecule has 1 fully saturated rings. The molecule has 4 heteroatoms. The van der Waals surface area contributed by atoms with Crippen LogP contribution in [-0.2, 0) is 16.0 Å². The molecule has 0 aliphatic carbocycles. The summed E-state index contributed by atoms with van der Waals surface area (Å²) in [6.45, 7) is 1.74. The van der Waals surface area contributed by atoms with Crippen LogP contribution in [0.2, 0.25) is 0 Å². The third kappa shape index (κ3) is 3.27. The first-order chi connectivity index (χ1) is 10.7. The van der Waals surface area contributed by atoms with Crippen molar-refractivity contribution >= 4 is 22.6 Å². The van der Waals surface area contributed by atoms with Crippen LogP contribution in [0.3, 0.4) is 0 Å². The van der Waals surface area contributed by atoms with E-state index in [0.717, 1.165) is 42.3 Å². The van der Waals surface area contributed by atoms with Crippen molar-refractivity contribution in [2.45, 2.75) is 19.3 Å². The minimum atomic E-state index is -0.108. The van der Waals surface area contributed by atoms with Gasteiger partial charge in [0.15, 0.2) is 0 Å². The summed E-state index contributed by atoms with van der Waals surface area (Å²) in [5.74, 6) is -0.0901. The van der Waals surface area contributed by atoms with Gasteiger partial charge in [0.2, 0.25) is 11.8 Å². The molecule has 1 saturated heterocycles. The minimum Gasteiger partial charge on any atom is -0.347 e. The average molecular weight is 296 g/mol. The van der Waals surface area contributed by atoms with Crippen molar-refractivity contribution in [3.05, 3.63) is 48.0 Å². The predicted octanol–water partition coefficient (Wildman–Crippen LogP) is 2.12. The first kappa shape index (κ1) is 14.6. The van der Waals surface area contributed by atoms with E-state index in [1.54, 1.807) is 0 Å². The normalized spacial score (nSPS) is 14.3. The molecule has 1 aliphatic heterocycles. The summed E-state index contributed by atoms with van der Waals surface area (Å²) in [5.41, 5.74) is 0.990. The van der Waals surface area contributed by atoms with Crippen LogP contribution >= 0.6 is 0 Å². The molecular formula is C18H20N2O2. The van der Waals surface area contributed by atoms with Crippen molar-refractivity contribution in [3.8, 4) is 0 Å². The van der Waals surface area contributed by atoms with E-state index in [2.05, 4.69) is 5.32 Å². The number of fused-ring (bicyclic) bond motifs is 1. The zero-order valence-electron chi connectivity index (χ0n) is 12.5. The second-order valence-electron chi connectivity index (χ2n) is 5.68. The van der Waals surface area contributed by atoms with Crippen LogP contribution in [0.15, 0.2) is 42.5 Å². The Labute approximate surface area is 130 Å². The second-order valence-corrected chi connectivity index (χ2v) is 5.68. The highest BCUT2D eigenvalue weighted by atomic mass is 16.2. The van der Waals surface area contributed by atoms with Crippen LogP contribution in [0.4, 0.5) is 0 Å². The lowest BCUT2D eigenvalue weighted by atomic mass is 10.0. The summed E-state index contributed by atoms with van der Waals surface area (Å²) in [7, 11) is 0. The molecule has 1 aliphatic rings. The number of hydrogen-bond donors (Lipinski definition) is 1. The molecule has 2 amide bonds. The summed E-state index contributed by atoms with van der Waals surface area (Å²) in [5, 5.41) is 4.96. The molecule has 0 unspecified atom stereocenters. The lowest BCUT2D eigenvalue weighted by molar-refractivity contribution is -0.131. The summed E-state index contributed by atoms with van der Waals surface area (Å²) in [4.78, 5) is 25.8. The van der Waals surface area contributed by atoms with Gasteiger partial charge in [-0.3, -0.25) is 9.59 Å². The summed E-state index contributed by atoms with van der Waals surface area (Å²) in [6.07, 6.45) is 2.43. The molecule has 0 radical (unpaired) electrons. The fourth-order valence-corrected chi connectivity index (χ4v) is 2.93. The molecule has 4 nitrogen and oxygen atoms in total. The largest absolute Gasteiger partial charge is 0.347 e. The Morgan fingerprint density at radius 3 is 2.55 bits per heavy atom. The lowest BCUT2D eigenvalue weighted by Crippen LogP contribution is -2.39. The van der Waals surface area contributed by atoms with Gasteiger partial charge in [-0.2, -0.15) is 0 Å². The molecule has 2 aromatic carbocycles. The third-order valence-corrected chi connectivity index (χ3v) is 4.13. The molecule has 0 bridgehead atoms. The zero-order valence-corrected chi connectivity index (χ0v) is 12.5. The third-order valence-electron chi connectivity index (χ3n) is 4.13. The van der Waals surface area contributed by atoms with Crippen molar-refractivity contribution in [2.24, 2.45) is 0 Å². The van der Waals surface area contributed by atoms with E-state index in [4.69, 9.17) is 0 Å². The predicted molar refractivity (Wildman–Crippen MR) is 86.5 cm³/mol. The molecular weight excluding hydrogens is 276 g/mol. The van der Waals surface area contributed by atoms with Gasteiger partial charge >= 0.3 is 0 Å². The summed E-state index contributed by atoms with van der Waals surface area (Å²) < 4.78 is 0. The van der Waals surface area contributed by atoms with Crippen molar-refractivity contribution in [2.75, 3.05) is 19.6 Å². The molecule has 2 aromatic rings. The van der Waals surface area contributed by atoms with E-state index in [1.165, 1.54) is 0 Å². The van der Waals surface area contributed by atoms with Crippen LogP contribution in [0, 0.1) is 0 Å². The second kappa shape index (κ2) is 6.60. The molecule has 22 heavy (non-hydrogen) atoms. The van der Waals surface area contributed by atoms with Gasteiger partial charge in [0.05, 0.1) is 13.0 Å². The van der Waals surface area contributed by atoms with Crippen LogP contribution in [0.25, 0.3) is 10.8 Å². The van der Waals surface area contributed by atoms with Crippen molar-refractivity contribution in [1.82, 2.24) is 10.2 Å². The number of rotatable bonds is 4. The quantitative estimate of drug-likeness (QED) is 0.939. The Morgan fingerprint density at radius 1 is 1.00 bits per heavy atom. The smallest absolute Gasteiger partial charge is 0.241 e. The maximum Gasteiger partial charge on any atom is 0.241 e. The average Bonchev–Trinajstić information content (AvgIpc) is 3.07. The van der Waals surface area contributed by atoms with Gasteiger partial charge < -0.3 is 10.2 Å².